The molecule has 0 spiro atoms. The average Bonchev–Trinajstić information content (AvgIpc) is 2.75. The summed E-state index contributed by atoms with van der Waals surface area (Å²) in [5, 5.41) is 14.1. The van der Waals surface area contributed by atoms with E-state index >= 15 is 0 Å². The first-order valence-corrected chi connectivity index (χ1v) is 6.45. The molecule has 1 aliphatic rings. The number of hydrogen-bond donors (Lipinski definition) is 2. The molecule has 3 unspecified atom stereocenters. The van der Waals surface area contributed by atoms with E-state index in [1.807, 2.05) is 18.5 Å². The number of amides is 1. The number of carbonyl (C=O) groups is 1. The lowest BCUT2D eigenvalue weighted by molar-refractivity contribution is -0.124. The van der Waals surface area contributed by atoms with Crippen molar-refractivity contribution in [1.82, 2.24) is 25.4 Å². The number of nitrogens with zero attached hydrogens (tertiary/aromatic N) is 3. The van der Waals surface area contributed by atoms with Crippen molar-refractivity contribution in [1.29, 1.82) is 0 Å². The van der Waals surface area contributed by atoms with Crippen LogP contribution in [0, 0.1) is 5.92 Å². The van der Waals surface area contributed by atoms with E-state index in [4.69, 9.17) is 0 Å². The third-order valence-corrected chi connectivity index (χ3v) is 3.47. The molecule has 0 bridgehead atoms. The van der Waals surface area contributed by atoms with Crippen LogP contribution < -0.4 is 10.6 Å². The molecule has 1 aromatic heterocycles. The van der Waals surface area contributed by atoms with Crippen LogP contribution in [0.3, 0.4) is 0 Å². The van der Waals surface area contributed by atoms with Crippen LogP contribution in [0.2, 0.25) is 0 Å². The quantitative estimate of drug-likeness (QED) is 0.814. The topological polar surface area (TPSA) is 71.8 Å². The number of aryl methyl sites for hydroxylation is 1. The first kappa shape index (κ1) is 13.0. The van der Waals surface area contributed by atoms with Gasteiger partial charge in [0.1, 0.15) is 6.33 Å². The van der Waals surface area contributed by atoms with Crippen molar-refractivity contribution in [2.75, 3.05) is 6.54 Å². The van der Waals surface area contributed by atoms with Gasteiger partial charge < -0.3 is 15.2 Å². The van der Waals surface area contributed by atoms with Crippen LogP contribution in [0.25, 0.3) is 0 Å². The van der Waals surface area contributed by atoms with E-state index in [-0.39, 0.29) is 18.0 Å². The highest BCUT2D eigenvalue weighted by atomic mass is 16.2. The Morgan fingerprint density at radius 2 is 2.44 bits per heavy atom. The van der Waals surface area contributed by atoms with E-state index in [9.17, 15) is 4.79 Å². The summed E-state index contributed by atoms with van der Waals surface area (Å²) in [6.07, 6.45) is 3.68. The van der Waals surface area contributed by atoms with E-state index in [2.05, 4.69) is 27.8 Å². The van der Waals surface area contributed by atoms with Crippen molar-refractivity contribution < 1.29 is 4.79 Å². The number of aromatic nitrogens is 3. The Bertz CT molecular complexity index is 416. The van der Waals surface area contributed by atoms with Crippen LogP contribution in [0.1, 0.15) is 38.6 Å². The molecule has 1 saturated heterocycles. The van der Waals surface area contributed by atoms with E-state index in [0.717, 1.165) is 25.2 Å². The molecule has 6 heteroatoms. The summed E-state index contributed by atoms with van der Waals surface area (Å²) in [6.45, 7) is 5.03. The van der Waals surface area contributed by atoms with Gasteiger partial charge in [0.05, 0.1) is 12.1 Å². The molecule has 0 aliphatic carbocycles. The Labute approximate surface area is 107 Å². The van der Waals surface area contributed by atoms with Crippen molar-refractivity contribution >= 4 is 5.91 Å². The second-order valence-electron chi connectivity index (χ2n) is 5.17. The lowest BCUT2D eigenvalue weighted by atomic mass is 9.94. The molecular formula is C12H21N5O. The third kappa shape index (κ3) is 2.87. The van der Waals surface area contributed by atoms with Gasteiger partial charge in [-0.2, -0.15) is 0 Å². The van der Waals surface area contributed by atoms with Gasteiger partial charge in [0.2, 0.25) is 5.91 Å². The second-order valence-corrected chi connectivity index (χ2v) is 5.17. The number of carbonyl (C=O) groups excluding carboxylic acids is 1. The Hall–Kier alpha value is -1.43. The number of piperidine rings is 1. The first-order valence-electron chi connectivity index (χ1n) is 6.45. The van der Waals surface area contributed by atoms with Crippen LogP contribution >= 0.6 is 0 Å². The number of nitrogens with one attached hydrogen (secondary N) is 2. The highest BCUT2D eigenvalue weighted by Gasteiger charge is 2.26. The van der Waals surface area contributed by atoms with Crippen LogP contribution in [-0.2, 0) is 11.8 Å². The minimum absolute atomic E-state index is 0.0528. The van der Waals surface area contributed by atoms with Crippen molar-refractivity contribution in [2.45, 2.75) is 38.8 Å². The van der Waals surface area contributed by atoms with Gasteiger partial charge in [-0.1, -0.05) is 6.92 Å². The standard InChI is InChI=1S/C12H21N5O/c1-8-4-5-13-10(6-8)12(18)15-9(2)11-16-14-7-17(11)3/h7-10,13H,4-6H2,1-3H3,(H,15,18). The van der Waals surface area contributed by atoms with Crippen molar-refractivity contribution in [3.05, 3.63) is 12.2 Å². The average molecular weight is 251 g/mol. The fourth-order valence-corrected chi connectivity index (χ4v) is 2.37. The Morgan fingerprint density at radius 1 is 1.67 bits per heavy atom. The van der Waals surface area contributed by atoms with Gasteiger partial charge in [0.25, 0.3) is 0 Å². The monoisotopic (exact) mass is 251 g/mol. The summed E-state index contributed by atoms with van der Waals surface area (Å²) >= 11 is 0. The second kappa shape index (κ2) is 5.48. The highest BCUT2D eigenvalue weighted by molar-refractivity contribution is 5.82. The molecule has 100 valence electrons. The molecule has 2 rings (SSSR count). The minimum atomic E-state index is -0.121. The van der Waals surface area contributed by atoms with Crippen LogP contribution in [0.4, 0.5) is 0 Å². The zero-order valence-corrected chi connectivity index (χ0v) is 11.2. The molecule has 1 aliphatic heterocycles. The molecule has 0 radical (unpaired) electrons. The van der Waals surface area contributed by atoms with Gasteiger partial charge >= 0.3 is 0 Å². The van der Waals surface area contributed by atoms with Crippen molar-refractivity contribution in [2.24, 2.45) is 13.0 Å². The molecule has 1 amide bonds. The fraction of sp³-hybridized carbons (Fsp3) is 0.750. The van der Waals surface area contributed by atoms with Gasteiger partial charge in [-0.15, -0.1) is 10.2 Å². The Morgan fingerprint density at radius 3 is 3.06 bits per heavy atom. The largest absolute Gasteiger partial charge is 0.345 e. The minimum Gasteiger partial charge on any atom is -0.345 e. The van der Waals surface area contributed by atoms with Gasteiger partial charge in [0, 0.05) is 7.05 Å². The summed E-state index contributed by atoms with van der Waals surface area (Å²) in [5.41, 5.74) is 0. The molecule has 6 nitrogen and oxygen atoms in total. The molecule has 3 atom stereocenters. The summed E-state index contributed by atoms with van der Waals surface area (Å²) < 4.78 is 1.82. The maximum absolute atomic E-state index is 12.1. The maximum atomic E-state index is 12.1. The molecule has 2 heterocycles. The predicted octanol–water partition coefficient (Wildman–Crippen LogP) is 0.380. The number of hydrogen-bond acceptors (Lipinski definition) is 4. The van der Waals surface area contributed by atoms with Crippen molar-refractivity contribution in [3.63, 3.8) is 0 Å². The Kier molecular flexibility index (Phi) is 3.96. The Balaban J connectivity index is 1.93. The zero-order valence-electron chi connectivity index (χ0n) is 11.2. The van der Waals surface area contributed by atoms with Gasteiger partial charge in [-0.25, -0.2) is 0 Å². The van der Waals surface area contributed by atoms with Crippen LogP contribution in [0.5, 0.6) is 0 Å². The van der Waals surface area contributed by atoms with Gasteiger partial charge in [-0.3, -0.25) is 4.79 Å². The molecule has 18 heavy (non-hydrogen) atoms. The van der Waals surface area contributed by atoms with E-state index in [0.29, 0.717) is 5.92 Å². The summed E-state index contributed by atoms with van der Waals surface area (Å²) in [7, 11) is 1.87. The van der Waals surface area contributed by atoms with Crippen LogP contribution in [0.15, 0.2) is 6.33 Å². The zero-order chi connectivity index (χ0) is 13.1. The summed E-state index contributed by atoms with van der Waals surface area (Å²) in [6, 6.07) is -0.200. The van der Waals surface area contributed by atoms with Crippen LogP contribution in [-0.4, -0.2) is 33.3 Å². The third-order valence-electron chi connectivity index (χ3n) is 3.47. The van der Waals surface area contributed by atoms with E-state index in [1.165, 1.54) is 0 Å². The smallest absolute Gasteiger partial charge is 0.237 e. The van der Waals surface area contributed by atoms with Crippen molar-refractivity contribution in [3.8, 4) is 0 Å². The lowest BCUT2D eigenvalue weighted by Crippen LogP contribution is -2.49. The molecule has 0 aromatic carbocycles. The fourth-order valence-electron chi connectivity index (χ4n) is 2.37. The van der Waals surface area contributed by atoms with E-state index in [1.54, 1.807) is 6.33 Å². The summed E-state index contributed by atoms with van der Waals surface area (Å²) in [5.74, 6) is 1.43. The number of rotatable bonds is 3. The van der Waals surface area contributed by atoms with Gasteiger partial charge in [0.15, 0.2) is 5.82 Å². The summed E-state index contributed by atoms with van der Waals surface area (Å²) in [4.78, 5) is 12.1. The SMILES string of the molecule is CC1CCNC(C(=O)NC(C)c2nncn2C)C1. The first-order chi connectivity index (χ1) is 8.58. The molecule has 0 saturated carbocycles. The van der Waals surface area contributed by atoms with E-state index < -0.39 is 0 Å². The normalized spacial score (nSPS) is 25.7. The molecule has 1 aromatic rings. The highest BCUT2D eigenvalue weighted by Crippen LogP contribution is 2.16. The van der Waals surface area contributed by atoms with Gasteiger partial charge in [-0.05, 0) is 32.2 Å². The lowest BCUT2D eigenvalue weighted by Gasteiger charge is -2.28. The maximum Gasteiger partial charge on any atom is 0.237 e. The molecule has 2 N–H and O–H groups in total. The molecular weight excluding hydrogens is 230 g/mol. The molecule has 1 fully saturated rings. The predicted molar refractivity (Wildman–Crippen MR) is 67.7 cm³/mol.